The van der Waals surface area contributed by atoms with Crippen LogP contribution in [-0.4, -0.2) is 23.3 Å². The molecule has 0 spiro atoms. The van der Waals surface area contributed by atoms with Gasteiger partial charge in [0.1, 0.15) is 0 Å². The summed E-state index contributed by atoms with van der Waals surface area (Å²) in [5, 5.41) is 16.7. The second-order valence-electron chi connectivity index (χ2n) is 6.65. The molecule has 3 aromatic carbocycles. The van der Waals surface area contributed by atoms with E-state index in [2.05, 4.69) is 10.6 Å². The molecule has 0 aliphatic carbocycles. The molecule has 152 valence electrons. The molecule has 3 rings (SSSR count). The quantitative estimate of drug-likeness (QED) is 0.442. The number of carbonyl (C=O) groups is 2. The van der Waals surface area contributed by atoms with Gasteiger partial charge in [0.25, 0.3) is 11.6 Å². The van der Waals surface area contributed by atoms with Gasteiger partial charge in [-0.15, -0.1) is 0 Å². The number of hydrogen-bond donors (Lipinski definition) is 2. The molecule has 0 aliphatic heterocycles. The molecule has 30 heavy (non-hydrogen) atoms. The Morgan fingerprint density at radius 2 is 1.53 bits per heavy atom. The fourth-order valence-electron chi connectivity index (χ4n) is 3.06. The van der Waals surface area contributed by atoms with E-state index in [1.807, 2.05) is 30.3 Å². The van der Waals surface area contributed by atoms with Gasteiger partial charge in [0.05, 0.1) is 22.6 Å². The van der Waals surface area contributed by atoms with Crippen LogP contribution >= 0.6 is 0 Å². The highest BCUT2D eigenvalue weighted by Crippen LogP contribution is 2.20. The van der Waals surface area contributed by atoms with Crippen LogP contribution in [0.3, 0.4) is 0 Å². The third-order valence-electron chi connectivity index (χ3n) is 4.53. The van der Waals surface area contributed by atoms with Gasteiger partial charge >= 0.3 is 0 Å². The number of nitro groups is 1. The SMILES string of the molecule is O=C(Cc1ccccc1[N+](=O)[O-])Nc1ccccc1C(=O)NCCc1ccccc1. The summed E-state index contributed by atoms with van der Waals surface area (Å²) < 4.78 is 0. The van der Waals surface area contributed by atoms with E-state index in [1.54, 1.807) is 42.5 Å². The fraction of sp³-hybridized carbons (Fsp3) is 0.130. The van der Waals surface area contributed by atoms with Crippen molar-refractivity contribution in [3.63, 3.8) is 0 Å². The van der Waals surface area contributed by atoms with Crippen molar-refractivity contribution < 1.29 is 14.5 Å². The van der Waals surface area contributed by atoms with Gasteiger partial charge in [-0.25, -0.2) is 0 Å². The molecule has 0 heterocycles. The number of nitrogens with zero attached hydrogens (tertiary/aromatic N) is 1. The molecule has 0 fully saturated rings. The van der Waals surface area contributed by atoms with E-state index < -0.39 is 10.8 Å². The van der Waals surface area contributed by atoms with Crippen molar-refractivity contribution >= 4 is 23.2 Å². The lowest BCUT2D eigenvalue weighted by Crippen LogP contribution is -2.27. The number of nitro benzene ring substituents is 1. The lowest BCUT2D eigenvalue weighted by atomic mass is 10.1. The Bertz CT molecular complexity index is 1050. The zero-order valence-electron chi connectivity index (χ0n) is 16.2. The summed E-state index contributed by atoms with van der Waals surface area (Å²) in [6.45, 7) is 0.460. The van der Waals surface area contributed by atoms with Crippen LogP contribution in [0.4, 0.5) is 11.4 Å². The smallest absolute Gasteiger partial charge is 0.273 e. The highest BCUT2D eigenvalue weighted by atomic mass is 16.6. The van der Waals surface area contributed by atoms with Gasteiger partial charge in [0, 0.05) is 18.2 Å². The predicted molar refractivity (Wildman–Crippen MR) is 114 cm³/mol. The summed E-state index contributed by atoms with van der Waals surface area (Å²) in [7, 11) is 0. The zero-order valence-corrected chi connectivity index (χ0v) is 16.2. The van der Waals surface area contributed by atoms with Crippen LogP contribution in [-0.2, 0) is 17.6 Å². The second-order valence-corrected chi connectivity index (χ2v) is 6.65. The molecule has 7 heteroatoms. The van der Waals surface area contributed by atoms with Crippen molar-refractivity contribution in [2.45, 2.75) is 12.8 Å². The van der Waals surface area contributed by atoms with Gasteiger partial charge in [0.15, 0.2) is 0 Å². The van der Waals surface area contributed by atoms with E-state index in [9.17, 15) is 19.7 Å². The lowest BCUT2D eigenvalue weighted by Gasteiger charge is -2.12. The monoisotopic (exact) mass is 403 g/mol. The lowest BCUT2D eigenvalue weighted by molar-refractivity contribution is -0.385. The van der Waals surface area contributed by atoms with Crippen molar-refractivity contribution in [2.75, 3.05) is 11.9 Å². The van der Waals surface area contributed by atoms with Crippen LogP contribution in [0.2, 0.25) is 0 Å². The van der Waals surface area contributed by atoms with E-state index in [0.29, 0.717) is 29.8 Å². The van der Waals surface area contributed by atoms with Gasteiger partial charge in [-0.3, -0.25) is 19.7 Å². The first-order valence-electron chi connectivity index (χ1n) is 9.48. The molecular weight excluding hydrogens is 382 g/mol. The molecular formula is C23H21N3O4. The van der Waals surface area contributed by atoms with Gasteiger partial charge in [-0.2, -0.15) is 0 Å². The molecule has 0 radical (unpaired) electrons. The molecule has 0 unspecified atom stereocenters. The molecule has 0 saturated carbocycles. The highest BCUT2D eigenvalue weighted by molar-refractivity contribution is 6.04. The molecule has 2 N–H and O–H groups in total. The van der Waals surface area contributed by atoms with Crippen molar-refractivity contribution in [3.05, 3.63) is 106 Å². The molecule has 0 bridgehead atoms. The summed E-state index contributed by atoms with van der Waals surface area (Å²) in [6, 6.07) is 22.6. The maximum absolute atomic E-state index is 12.6. The van der Waals surface area contributed by atoms with Gasteiger partial charge < -0.3 is 10.6 Å². The van der Waals surface area contributed by atoms with Crippen molar-refractivity contribution in [2.24, 2.45) is 0 Å². The number of benzene rings is 3. The molecule has 2 amide bonds. The second kappa shape index (κ2) is 9.97. The highest BCUT2D eigenvalue weighted by Gasteiger charge is 2.17. The van der Waals surface area contributed by atoms with Gasteiger partial charge in [-0.1, -0.05) is 60.7 Å². The predicted octanol–water partition coefficient (Wildman–Crippen LogP) is 3.75. The van der Waals surface area contributed by atoms with Crippen molar-refractivity contribution in [1.82, 2.24) is 5.32 Å². The van der Waals surface area contributed by atoms with Crippen molar-refractivity contribution in [1.29, 1.82) is 0 Å². The Kier molecular flexibility index (Phi) is 6.89. The van der Waals surface area contributed by atoms with Crippen LogP contribution in [0, 0.1) is 10.1 Å². The first kappa shape index (κ1) is 20.7. The van der Waals surface area contributed by atoms with Crippen LogP contribution < -0.4 is 10.6 Å². The Morgan fingerprint density at radius 3 is 2.30 bits per heavy atom. The molecule has 0 aliphatic rings. The standard InChI is InChI=1S/C23H21N3O4/c27-22(16-18-10-4-7-13-21(18)26(29)30)25-20-12-6-5-11-19(20)23(28)24-15-14-17-8-2-1-3-9-17/h1-13H,14-16H2,(H,24,28)(H,25,27). The van der Waals surface area contributed by atoms with E-state index in [4.69, 9.17) is 0 Å². The first-order chi connectivity index (χ1) is 14.5. The first-order valence-corrected chi connectivity index (χ1v) is 9.48. The topological polar surface area (TPSA) is 101 Å². The summed E-state index contributed by atoms with van der Waals surface area (Å²) in [5.74, 6) is -0.735. The largest absolute Gasteiger partial charge is 0.352 e. The minimum atomic E-state index is -0.517. The molecule has 0 saturated heterocycles. The molecule has 0 aromatic heterocycles. The van der Waals surface area contributed by atoms with Crippen LogP contribution in [0.5, 0.6) is 0 Å². The maximum atomic E-state index is 12.6. The minimum absolute atomic E-state index is 0.111. The number of hydrogen-bond acceptors (Lipinski definition) is 4. The molecule has 3 aromatic rings. The number of nitrogens with one attached hydrogen (secondary N) is 2. The number of para-hydroxylation sites is 2. The van der Waals surface area contributed by atoms with Gasteiger partial charge in [0.2, 0.25) is 5.91 Å². The summed E-state index contributed by atoms with van der Waals surface area (Å²) in [6.07, 6.45) is 0.528. The Hall–Kier alpha value is -4.00. The third kappa shape index (κ3) is 5.51. The Labute approximate surface area is 173 Å². The van der Waals surface area contributed by atoms with E-state index in [0.717, 1.165) is 5.56 Å². The summed E-state index contributed by atoms with van der Waals surface area (Å²) in [5.41, 5.74) is 2.01. The van der Waals surface area contributed by atoms with Crippen LogP contribution in [0.25, 0.3) is 0 Å². The van der Waals surface area contributed by atoms with E-state index in [1.165, 1.54) is 6.07 Å². The maximum Gasteiger partial charge on any atom is 0.273 e. The number of amides is 2. The third-order valence-corrected chi connectivity index (χ3v) is 4.53. The minimum Gasteiger partial charge on any atom is -0.352 e. The normalized spacial score (nSPS) is 10.3. The summed E-state index contributed by atoms with van der Waals surface area (Å²) in [4.78, 5) is 35.7. The average Bonchev–Trinajstić information content (AvgIpc) is 2.75. The Morgan fingerprint density at radius 1 is 0.867 bits per heavy atom. The molecule has 7 nitrogen and oxygen atoms in total. The average molecular weight is 403 g/mol. The number of carbonyl (C=O) groups excluding carboxylic acids is 2. The van der Waals surface area contributed by atoms with Crippen LogP contribution in [0.15, 0.2) is 78.9 Å². The van der Waals surface area contributed by atoms with Crippen molar-refractivity contribution in [3.8, 4) is 0 Å². The number of rotatable bonds is 8. The number of anilines is 1. The molecule has 0 atom stereocenters. The van der Waals surface area contributed by atoms with Gasteiger partial charge in [-0.05, 0) is 24.1 Å². The fourth-order valence-corrected chi connectivity index (χ4v) is 3.06. The van der Waals surface area contributed by atoms with E-state index >= 15 is 0 Å². The Balaban J connectivity index is 1.64. The zero-order chi connectivity index (χ0) is 21.3. The van der Waals surface area contributed by atoms with E-state index in [-0.39, 0.29) is 18.0 Å². The van der Waals surface area contributed by atoms with Crippen LogP contribution in [0.1, 0.15) is 21.5 Å². The summed E-state index contributed by atoms with van der Waals surface area (Å²) >= 11 is 0.